The molecule has 2 aliphatic rings. The van der Waals surface area contributed by atoms with E-state index in [1.807, 2.05) is 39.0 Å². The van der Waals surface area contributed by atoms with Crippen molar-refractivity contribution in [3.8, 4) is 0 Å². The summed E-state index contributed by atoms with van der Waals surface area (Å²) in [4.78, 5) is 49.2. The first kappa shape index (κ1) is 25.1. The minimum atomic E-state index is -0.939. The Labute approximate surface area is 216 Å². The Morgan fingerprint density at radius 1 is 1.03 bits per heavy atom. The maximum atomic E-state index is 13.7. The Kier molecular flexibility index (Phi) is 6.85. The van der Waals surface area contributed by atoms with Gasteiger partial charge in [0.15, 0.2) is 0 Å². The molecule has 11 heteroatoms. The molecule has 2 aliphatic heterocycles. The lowest BCUT2D eigenvalue weighted by molar-refractivity contribution is -0.138. The van der Waals surface area contributed by atoms with Crippen molar-refractivity contribution in [1.29, 1.82) is 0 Å². The summed E-state index contributed by atoms with van der Waals surface area (Å²) in [6.07, 6.45) is 4.39. The number of hydrogen-bond acceptors (Lipinski definition) is 10. The molecule has 0 fully saturated rings. The monoisotopic (exact) mass is 527 g/mol. The molecule has 4 rings (SSSR count). The normalized spacial score (nSPS) is 16.8. The number of anilines is 1. The number of carbonyl (C=O) groups excluding carboxylic acids is 3. The van der Waals surface area contributed by atoms with Gasteiger partial charge in [0.1, 0.15) is 15.5 Å². The number of rotatable bonds is 3. The number of thiocarbonyl (C=S) groups is 1. The fraction of sp³-hybridized carbons (Fsp3) is 0.250. The van der Waals surface area contributed by atoms with Gasteiger partial charge in [-0.3, -0.25) is 14.7 Å². The molecule has 0 aliphatic carbocycles. The smallest absolute Gasteiger partial charge is 0.346 e. The number of methoxy groups -OCH3 is 2. The predicted octanol–water partition coefficient (Wildman–Crippen LogP) is 4.30. The number of nitrogens with zero attached hydrogens (tertiary/aromatic N) is 3. The van der Waals surface area contributed by atoms with Gasteiger partial charge in [-0.15, -0.1) is 0 Å². The van der Waals surface area contributed by atoms with Crippen molar-refractivity contribution in [2.45, 2.75) is 26.3 Å². The summed E-state index contributed by atoms with van der Waals surface area (Å²) >= 11 is 8.20. The number of ether oxygens (including phenoxy) is 2. The van der Waals surface area contributed by atoms with E-state index < -0.39 is 17.5 Å². The van der Waals surface area contributed by atoms with Crippen LogP contribution in [0, 0.1) is 6.92 Å². The number of benzene rings is 1. The number of carbonyl (C=O) groups is 3. The molecule has 0 atom stereocenters. The van der Waals surface area contributed by atoms with Gasteiger partial charge in [-0.25, -0.2) is 14.6 Å². The lowest BCUT2D eigenvalue weighted by atomic mass is 9.82. The van der Waals surface area contributed by atoms with Gasteiger partial charge in [-0.05, 0) is 26.3 Å². The highest BCUT2D eigenvalue weighted by molar-refractivity contribution is 8.29. The van der Waals surface area contributed by atoms with E-state index in [0.29, 0.717) is 20.4 Å². The topological polar surface area (TPSA) is 98.7 Å². The van der Waals surface area contributed by atoms with Crippen LogP contribution in [-0.4, -0.2) is 52.4 Å². The summed E-state index contributed by atoms with van der Waals surface area (Å²) in [6.45, 7) is 5.63. The van der Waals surface area contributed by atoms with Crippen molar-refractivity contribution < 1.29 is 23.9 Å². The van der Waals surface area contributed by atoms with Crippen molar-refractivity contribution in [3.05, 3.63) is 67.7 Å². The van der Waals surface area contributed by atoms with Crippen LogP contribution in [-0.2, 0) is 19.1 Å². The van der Waals surface area contributed by atoms with Gasteiger partial charge >= 0.3 is 11.9 Å². The number of esters is 2. The summed E-state index contributed by atoms with van der Waals surface area (Å²) in [5.41, 5.74) is 2.19. The molecule has 0 spiro atoms. The van der Waals surface area contributed by atoms with Crippen molar-refractivity contribution in [1.82, 2.24) is 9.97 Å². The molecule has 1 aromatic carbocycles. The molecule has 0 radical (unpaired) electrons. The highest BCUT2D eigenvalue weighted by Gasteiger charge is 2.47. The van der Waals surface area contributed by atoms with Gasteiger partial charge in [-0.1, -0.05) is 53.9 Å². The second kappa shape index (κ2) is 9.56. The van der Waals surface area contributed by atoms with Gasteiger partial charge in [-0.2, -0.15) is 0 Å². The molecule has 0 saturated carbocycles. The highest BCUT2D eigenvalue weighted by atomic mass is 32.2. The lowest BCUT2D eigenvalue weighted by Crippen LogP contribution is -2.56. The van der Waals surface area contributed by atoms with Crippen LogP contribution in [0.2, 0.25) is 0 Å². The second-order valence-electron chi connectivity index (χ2n) is 8.10. The molecule has 8 nitrogen and oxygen atoms in total. The van der Waals surface area contributed by atoms with E-state index in [4.69, 9.17) is 21.7 Å². The zero-order chi connectivity index (χ0) is 25.5. The third kappa shape index (κ3) is 4.17. The standard InChI is InChI=1S/C24H21N3O5S3/c1-12-7-6-8-13-15(23-34-17(21(29)31-4)18(35-23)22(30)32-5)19(33)24(2,3)27(16(12)13)20(28)14-11-25-9-10-26-14/h6-11H,1-5H3. The molecular formula is C24H21N3O5S3. The number of para-hydroxylation sites is 1. The maximum Gasteiger partial charge on any atom is 0.346 e. The number of amides is 1. The predicted molar refractivity (Wildman–Crippen MR) is 140 cm³/mol. The summed E-state index contributed by atoms with van der Waals surface area (Å²) in [5.74, 6) is -1.60. The number of fused-ring (bicyclic) bond motifs is 1. The van der Waals surface area contributed by atoms with E-state index in [0.717, 1.165) is 34.7 Å². The van der Waals surface area contributed by atoms with Crippen LogP contribution >= 0.6 is 35.7 Å². The summed E-state index contributed by atoms with van der Waals surface area (Å²) in [7, 11) is 2.51. The number of thioether (sulfide) groups is 2. The third-order valence-electron chi connectivity index (χ3n) is 5.60. The Morgan fingerprint density at radius 2 is 1.66 bits per heavy atom. The van der Waals surface area contributed by atoms with Crippen molar-refractivity contribution in [2.24, 2.45) is 0 Å². The van der Waals surface area contributed by atoms with E-state index in [1.54, 1.807) is 4.90 Å². The van der Waals surface area contributed by atoms with Crippen LogP contribution in [0.3, 0.4) is 0 Å². The number of hydrogen-bond donors (Lipinski definition) is 0. The Morgan fingerprint density at radius 3 is 2.20 bits per heavy atom. The van der Waals surface area contributed by atoms with Crippen LogP contribution in [0.15, 0.2) is 50.8 Å². The van der Waals surface area contributed by atoms with Gasteiger partial charge in [0, 0.05) is 23.5 Å². The molecule has 0 bridgehead atoms. The molecule has 0 saturated heterocycles. The van der Waals surface area contributed by atoms with Crippen LogP contribution in [0.4, 0.5) is 5.69 Å². The van der Waals surface area contributed by atoms with Gasteiger partial charge in [0.25, 0.3) is 5.91 Å². The number of aromatic nitrogens is 2. The molecule has 1 aromatic heterocycles. The van der Waals surface area contributed by atoms with E-state index in [-0.39, 0.29) is 21.4 Å². The van der Waals surface area contributed by atoms with Gasteiger partial charge in [0.2, 0.25) is 0 Å². The molecule has 1 amide bonds. The first-order chi connectivity index (χ1) is 16.6. The minimum Gasteiger partial charge on any atom is -0.465 e. The first-order valence-electron chi connectivity index (χ1n) is 10.4. The van der Waals surface area contributed by atoms with Gasteiger partial charge in [0.05, 0.1) is 40.7 Å². The largest absolute Gasteiger partial charge is 0.465 e. The number of aryl methyl sites for hydroxylation is 1. The Hall–Kier alpha value is -3.02. The average molecular weight is 528 g/mol. The Bertz CT molecular complexity index is 1310. The fourth-order valence-corrected chi connectivity index (χ4v) is 6.94. The SMILES string of the molecule is COC(=O)C1=C(C(=O)OC)SC(=C2C(=S)C(C)(C)N(C(=O)c3cnccn3)c3c(C)cccc32)S1. The molecule has 0 N–H and O–H groups in total. The summed E-state index contributed by atoms with van der Waals surface area (Å²) < 4.78 is 10.4. The zero-order valence-corrected chi connectivity index (χ0v) is 22.0. The summed E-state index contributed by atoms with van der Waals surface area (Å²) in [5, 5.41) is 0. The van der Waals surface area contributed by atoms with E-state index in [9.17, 15) is 14.4 Å². The van der Waals surface area contributed by atoms with Crippen LogP contribution < -0.4 is 4.90 Å². The molecule has 35 heavy (non-hydrogen) atoms. The van der Waals surface area contributed by atoms with Crippen molar-refractivity contribution >= 4 is 69.7 Å². The van der Waals surface area contributed by atoms with E-state index in [1.165, 1.54) is 32.8 Å². The maximum absolute atomic E-state index is 13.7. The second-order valence-corrected chi connectivity index (χ2v) is 10.8. The third-order valence-corrected chi connectivity index (χ3v) is 8.86. The summed E-state index contributed by atoms with van der Waals surface area (Å²) in [6, 6.07) is 5.66. The molecule has 3 heterocycles. The highest BCUT2D eigenvalue weighted by Crippen LogP contribution is 2.56. The minimum absolute atomic E-state index is 0.139. The quantitative estimate of drug-likeness (QED) is 0.326. The fourth-order valence-electron chi connectivity index (χ4n) is 3.90. The van der Waals surface area contributed by atoms with E-state index >= 15 is 0 Å². The average Bonchev–Trinajstić information content (AvgIpc) is 3.29. The van der Waals surface area contributed by atoms with Crippen molar-refractivity contribution in [2.75, 3.05) is 19.1 Å². The Balaban J connectivity index is 1.93. The van der Waals surface area contributed by atoms with Crippen LogP contribution in [0.1, 0.15) is 35.5 Å². The zero-order valence-electron chi connectivity index (χ0n) is 19.6. The molecular weight excluding hydrogens is 506 g/mol. The lowest BCUT2D eigenvalue weighted by Gasteiger charge is -2.45. The van der Waals surface area contributed by atoms with Crippen LogP contribution in [0.5, 0.6) is 0 Å². The molecule has 0 unspecified atom stereocenters. The van der Waals surface area contributed by atoms with Crippen LogP contribution in [0.25, 0.3) is 5.57 Å². The van der Waals surface area contributed by atoms with Crippen molar-refractivity contribution in [3.63, 3.8) is 0 Å². The van der Waals surface area contributed by atoms with Gasteiger partial charge < -0.3 is 9.47 Å². The van der Waals surface area contributed by atoms with E-state index in [2.05, 4.69) is 9.97 Å². The molecule has 180 valence electrons. The molecule has 2 aromatic rings. The first-order valence-corrected chi connectivity index (χ1v) is 12.4.